The number of hydrogen-bond donors (Lipinski definition) is 1. The van der Waals surface area contributed by atoms with E-state index in [1.165, 1.54) is 26.6 Å². The van der Waals surface area contributed by atoms with E-state index >= 15 is 0 Å². The summed E-state index contributed by atoms with van der Waals surface area (Å²) in [5.74, 6) is 0.506. The van der Waals surface area contributed by atoms with Crippen LogP contribution in [0.2, 0.25) is 0 Å². The molecular weight excluding hydrogens is 272 g/mol. The molecule has 0 spiro atoms. The zero-order chi connectivity index (χ0) is 12.0. The smallest absolute Gasteiger partial charge is 0.320 e. The molecule has 0 radical (unpaired) electrons. The molecule has 1 rings (SSSR count). The number of alkyl halides is 1. The summed E-state index contributed by atoms with van der Waals surface area (Å²) in [4.78, 5) is 13.3. The van der Waals surface area contributed by atoms with Gasteiger partial charge < -0.3 is 15.0 Å². The molecule has 94 valence electrons. The van der Waals surface area contributed by atoms with Crippen molar-refractivity contribution in [3.63, 3.8) is 0 Å². The molecule has 2 unspecified atom stereocenters. The number of ether oxygens (including phenoxy) is 1. The van der Waals surface area contributed by atoms with E-state index in [1.54, 1.807) is 0 Å². The third kappa shape index (κ3) is 4.39. The lowest BCUT2D eigenvalue weighted by Gasteiger charge is -2.14. The summed E-state index contributed by atoms with van der Waals surface area (Å²) < 4.78 is 4.63. The highest BCUT2D eigenvalue weighted by Crippen LogP contribution is 2.14. The number of hydrogen-bond acceptors (Lipinski definition) is 4. The number of rotatable bonds is 6. The van der Waals surface area contributed by atoms with Crippen LogP contribution >= 0.6 is 15.9 Å². The Bertz CT molecular complexity index is 226. The number of likely N-dealkylation sites (tertiary alicyclic amines) is 1. The predicted octanol–water partition coefficient (Wildman–Crippen LogP) is 0.854. The molecule has 0 saturated carbocycles. The van der Waals surface area contributed by atoms with Gasteiger partial charge in [0.25, 0.3) is 0 Å². The van der Waals surface area contributed by atoms with Gasteiger partial charge in [0.2, 0.25) is 0 Å². The highest BCUT2D eigenvalue weighted by molar-refractivity contribution is 9.10. The van der Waals surface area contributed by atoms with Crippen molar-refractivity contribution >= 4 is 21.9 Å². The summed E-state index contributed by atoms with van der Waals surface area (Å²) in [6, 6.07) is 0. The second kappa shape index (κ2) is 7.25. The van der Waals surface area contributed by atoms with Gasteiger partial charge in [-0.15, -0.1) is 0 Å². The predicted molar refractivity (Wildman–Crippen MR) is 67.8 cm³/mol. The third-order valence-electron chi connectivity index (χ3n) is 3.03. The molecule has 0 aliphatic carbocycles. The molecule has 1 aliphatic heterocycles. The molecule has 0 amide bonds. The first-order chi connectivity index (χ1) is 7.67. The quantitative estimate of drug-likeness (QED) is 0.582. The maximum atomic E-state index is 11.1. The second-order valence-corrected chi connectivity index (χ2v) is 5.30. The second-order valence-electron chi connectivity index (χ2n) is 4.20. The lowest BCUT2D eigenvalue weighted by atomic mass is 10.1. The van der Waals surface area contributed by atoms with Crippen LogP contribution in [0, 0.1) is 5.92 Å². The molecule has 5 heteroatoms. The molecule has 0 aromatic heterocycles. The van der Waals surface area contributed by atoms with Crippen molar-refractivity contribution in [3.05, 3.63) is 0 Å². The van der Waals surface area contributed by atoms with E-state index in [1.807, 2.05) is 0 Å². The lowest BCUT2D eigenvalue weighted by Crippen LogP contribution is -2.33. The third-order valence-corrected chi connectivity index (χ3v) is 3.73. The maximum absolute atomic E-state index is 11.1. The number of carbonyl (C=O) groups excluding carboxylic acids is 1. The fourth-order valence-corrected chi connectivity index (χ4v) is 2.41. The van der Waals surface area contributed by atoms with Crippen molar-refractivity contribution in [2.24, 2.45) is 5.92 Å². The van der Waals surface area contributed by atoms with Gasteiger partial charge in [-0.1, -0.05) is 22.9 Å². The fourth-order valence-electron chi connectivity index (χ4n) is 1.99. The van der Waals surface area contributed by atoms with Gasteiger partial charge in [0, 0.05) is 13.1 Å². The highest BCUT2D eigenvalue weighted by atomic mass is 79.9. The maximum Gasteiger partial charge on any atom is 0.320 e. The molecule has 2 atom stereocenters. The minimum Gasteiger partial charge on any atom is -0.468 e. The van der Waals surface area contributed by atoms with E-state index in [9.17, 15) is 4.79 Å². The topological polar surface area (TPSA) is 41.6 Å². The standard InChI is InChI=1S/C11H21BrN2O2/c1-3-14-5-4-9(8-14)6-13-7-10(12)11(15)16-2/h9-10,13H,3-8H2,1-2H3. The summed E-state index contributed by atoms with van der Waals surface area (Å²) in [6.07, 6.45) is 1.26. The Morgan fingerprint density at radius 1 is 1.69 bits per heavy atom. The molecule has 0 aromatic rings. The first-order valence-electron chi connectivity index (χ1n) is 5.82. The van der Waals surface area contributed by atoms with Crippen LogP contribution < -0.4 is 5.32 Å². The van der Waals surface area contributed by atoms with E-state index in [2.05, 4.69) is 37.8 Å². The minimum atomic E-state index is -0.235. The van der Waals surface area contributed by atoms with Crippen molar-refractivity contribution in [1.82, 2.24) is 10.2 Å². The normalized spacial score (nSPS) is 23.3. The van der Waals surface area contributed by atoms with E-state index in [4.69, 9.17) is 0 Å². The van der Waals surface area contributed by atoms with Gasteiger partial charge >= 0.3 is 5.97 Å². The van der Waals surface area contributed by atoms with Crippen molar-refractivity contribution in [1.29, 1.82) is 0 Å². The molecule has 1 heterocycles. The van der Waals surface area contributed by atoms with Crippen molar-refractivity contribution in [3.8, 4) is 0 Å². The van der Waals surface area contributed by atoms with Gasteiger partial charge in [0.05, 0.1) is 7.11 Å². The van der Waals surface area contributed by atoms with Crippen LogP contribution in [0.4, 0.5) is 0 Å². The Morgan fingerprint density at radius 2 is 2.44 bits per heavy atom. The first kappa shape index (κ1) is 13.9. The molecule has 1 aliphatic rings. The van der Waals surface area contributed by atoms with Gasteiger partial charge in [-0.2, -0.15) is 0 Å². The summed E-state index contributed by atoms with van der Waals surface area (Å²) in [6.45, 7) is 7.33. The van der Waals surface area contributed by atoms with E-state index in [0.29, 0.717) is 6.54 Å². The van der Waals surface area contributed by atoms with E-state index in [0.717, 1.165) is 19.0 Å². The van der Waals surface area contributed by atoms with E-state index < -0.39 is 0 Å². The van der Waals surface area contributed by atoms with Crippen LogP contribution in [-0.4, -0.2) is 55.5 Å². The number of esters is 1. The number of methoxy groups -OCH3 is 1. The van der Waals surface area contributed by atoms with Gasteiger partial charge in [0.15, 0.2) is 0 Å². The molecule has 16 heavy (non-hydrogen) atoms. The Balaban J connectivity index is 2.10. The van der Waals surface area contributed by atoms with Gasteiger partial charge in [-0.25, -0.2) is 0 Å². The molecule has 1 saturated heterocycles. The molecule has 1 N–H and O–H groups in total. The Hall–Kier alpha value is -0.130. The van der Waals surface area contributed by atoms with Gasteiger partial charge in [0.1, 0.15) is 4.83 Å². The summed E-state index contributed by atoms with van der Waals surface area (Å²) >= 11 is 3.29. The van der Waals surface area contributed by atoms with Gasteiger partial charge in [-0.05, 0) is 32.0 Å². The van der Waals surface area contributed by atoms with Crippen molar-refractivity contribution in [2.75, 3.05) is 39.8 Å². The van der Waals surface area contributed by atoms with Crippen LogP contribution in [0.15, 0.2) is 0 Å². The molecule has 0 bridgehead atoms. The number of carbonyl (C=O) groups is 1. The SMILES string of the molecule is CCN1CCC(CNCC(Br)C(=O)OC)C1. The average Bonchev–Trinajstić information content (AvgIpc) is 2.75. The van der Waals surface area contributed by atoms with Crippen LogP contribution in [0.5, 0.6) is 0 Å². The molecule has 0 aromatic carbocycles. The lowest BCUT2D eigenvalue weighted by molar-refractivity contribution is -0.139. The fraction of sp³-hybridized carbons (Fsp3) is 0.909. The van der Waals surface area contributed by atoms with Crippen molar-refractivity contribution < 1.29 is 9.53 Å². The molecule has 4 nitrogen and oxygen atoms in total. The molecule has 1 fully saturated rings. The highest BCUT2D eigenvalue weighted by Gasteiger charge is 2.21. The number of halogens is 1. The van der Waals surface area contributed by atoms with Crippen LogP contribution in [0.25, 0.3) is 0 Å². The summed E-state index contributed by atoms with van der Waals surface area (Å²) in [7, 11) is 1.41. The monoisotopic (exact) mass is 292 g/mol. The number of nitrogens with one attached hydrogen (secondary N) is 1. The van der Waals surface area contributed by atoms with Crippen LogP contribution in [0.1, 0.15) is 13.3 Å². The average molecular weight is 293 g/mol. The van der Waals surface area contributed by atoms with Crippen LogP contribution in [0.3, 0.4) is 0 Å². The minimum absolute atomic E-state index is 0.214. The summed E-state index contributed by atoms with van der Waals surface area (Å²) in [5.41, 5.74) is 0. The number of nitrogens with zero attached hydrogens (tertiary/aromatic N) is 1. The zero-order valence-electron chi connectivity index (χ0n) is 10.0. The summed E-state index contributed by atoms with van der Waals surface area (Å²) in [5, 5.41) is 3.31. The van der Waals surface area contributed by atoms with Crippen molar-refractivity contribution in [2.45, 2.75) is 18.2 Å². The Kier molecular flexibility index (Phi) is 6.31. The van der Waals surface area contributed by atoms with E-state index in [-0.39, 0.29) is 10.8 Å². The van der Waals surface area contributed by atoms with Crippen LogP contribution in [-0.2, 0) is 9.53 Å². The molecular formula is C11H21BrN2O2. The largest absolute Gasteiger partial charge is 0.468 e. The Labute approximate surface area is 106 Å². The zero-order valence-corrected chi connectivity index (χ0v) is 11.6. The first-order valence-corrected chi connectivity index (χ1v) is 6.73. The Morgan fingerprint density at radius 3 is 3.00 bits per heavy atom. The van der Waals surface area contributed by atoms with Gasteiger partial charge in [-0.3, -0.25) is 4.79 Å².